The third-order valence-corrected chi connectivity index (χ3v) is 3.64. The molecule has 0 aliphatic heterocycles. The monoisotopic (exact) mass is 332 g/mol. The summed E-state index contributed by atoms with van der Waals surface area (Å²) in [4.78, 5) is 24.8. The normalized spacial score (nSPS) is 10.8. The van der Waals surface area contributed by atoms with Crippen LogP contribution in [0.1, 0.15) is 11.4 Å². The second-order valence-electron chi connectivity index (χ2n) is 5.50. The highest BCUT2D eigenvalue weighted by Gasteiger charge is 2.07. The van der Waals surface area contributed by atoms with Crippen molar-refractivity contribution < 1.29 is 0 Å². The standard InChI is InChI=1S/C17H16N8/c1-11-8-21-17(24-14-9-18-6-7-19-14)25-16(11)20-10-15-22-12-4-2-3-5-13(12)23-15/h2-9H,10H2,1H3,(H,22,23)(H2,19,20,21,24,25). The van der Waals surface area contributed by atoms with E-state index in [2.05, 4.69) is 40.5 Å². The second-order valence-corrected chi connectivity index (χ2v) is 5.50. The Bertz CT molecular complexity index is 963. The highest BCUT2D eigenvalue weighted by Crippen LogP contribution is 2.16. The van der Waals surface area contributed by atoms with Gasteiger partial charge < -0.3 is 15.6 Å². The van der Waals surface area contributed by atoms with Gasteiger partial charge in [0.2, 0.25) is 5.95 Å². The Morgan fingerprint density at radius 1 is 1.04 bits per heavy atom. The Morgan fingerprint density at radius 3 is 2.80 bits per heavy atom. The number of hydrogen-bond acceptors (Lipinski definition) is 7. The molecule has 3 N–H and O–H groups in total. The van der Waals surface area contributed by atoms with E-state index in [0.29, 0.717) is 18.3 Å². The summed E-state index contributed by atoms with van der Waals surface area (Å²) < 4.78 is 0. The van der Waals surface area contributed by atoms with Gasteiger partial charge in [-0.1, -0.05) is 12.1 Å². The summed E-state index contributed by atoms with van der Waals surface area (Å²) in [6.45, 7) is 2.49. The first kappa shape index (κ1) is 15.0. The highest BCUT2D eigenvalue weighted by molar-refractivity contribution is 5.74. The van der Waals surface area contributed by atoms with Gasteiger partial charge in [0.05, 0.1) is 23.8 Å². The number of H-pyrrole nitrogens is 1. The molecular formula is C17H16N8. The molecule has 3 aromatic heterocycles. The summed E-state index contributed by atoms with van der Waals surface area (Å²) in [7, 11) is 0. The van der Waals surface area contributed by atoms with Crippen LogP contribution in [0.2, 0.25) is 0 Å². The average Bonchev–Trinajstić information content (AvgIpc) is 3.06. The maximum Gasteiger partial charge on any atom is 0.230 e. The molecule has 0 atom stereocenters. The summed E-state index contributed by atoms with van der Waals surface area (Å²) in [6.07, 6.45) is 6.59. The molecule has 0 saturated heterocycles. The maximum absolute atomic E-state index is 4.55. The van der Waals surface area contributed by atoms with Gasteiger partial charge >= 0.3 is 0 Å². The molecule has 0 amide bonds. The summed E-state index contributed by atoms with van der Waals surface area (Å²) in [5.41, 5.74) is 2.91. The molecule has 0 aliphatic rings. The van der Waals surface area contributed by atoms with Crippen LogP contribution in [-0.4, -0.2) is 29.9 Å². The van der Waals surface area contributed by atoms with Gasteiger partial charge in [0.15, 0.2) is 5.82 Å². The van der Waals surface area contributed by atoms with E-state index in [1.165, 1.54) is 0 Å². The first-order valence-electron chi connectivity index (χ1n) is 7.82. The van der Waals surface area contributed by atoms with Crippen LogP contribution in [0.4, 0.5) is 17.6 Å². The molecule has 0 fully saturated rings. The minimum absolute atomic E-state index is 0.457. The SMILES string of the molecule is Cc1cnc(Nc2cnccn2)nc1NCc1nc2ccccc2[nH]1. The first-order chi connectivity index (χ1) is 12.3. The lowest BCUT2D eigenvalue weighted by Crippen LogP contribution is -2.07. The summed E-state index contributed by atoms with van der Waals surface area (Å²) >= 11 is 0. The molecule has 0 aliphatic carbocycles. The molecule has 0 radical (unpaired) electrons. The van der Waals surface area contributed by atoms with Gasteiger partial charge in [0.1, 0.15) is 11.6 Å². The van der Waals surface area contributed by atoms with E-state index in [-0.39, 0.29) is 0 Å². The van der Waals surface area contributed by atoms with Gasteiger partial charge in [-0.3, -0.25) is 4.98 Å². The molecule has 25 heavy (non-hydrogen) atoms. The summed E-state index contributed by atoms with van der Waals surface area (Å²) in [5.74, 6) is 2.64. The van der Waals surface area contributed by atoms with Crippen molar-refractivity contribution in [3.63, 3.8) is 0 Å². The maximum atomic E-state index is 4.55. The van der Waals surface area contributed by atoms with Gasteiger partial charge in [-0.2, -0.15) is 4.98 Å². The first-order valence-corrected chi connectivity index (χ1v) is 7.82. The van der Waals surface area contributed by atoms with Crippen molar-refractivity contribution in [3.05, 3.63) is 60.4 Å². The molecule has 1 aromatic carbocycles. The number of fused-ring (bicyclic) bond motifs is 1. The van der Waals surface area contributed by atoms with Gasteiger partial charge in [-0.25, -0.2) is 15.0 Å². The molecule has 4 rings (SSSR count). The molecule has 3 heterocycles. The number of benzene rings is 1. The number of aromatic nitrogens is 6. The Hall–Kier alpha value is -3.55. The van der Waals surface area contributed by atoms with Crippen LogP contribution in [0.25, 0.3) is 11.0 Å². The number of nitrogens with one attached hydrogen (secondary N) is 3. The molecule has 8 heteroatoms. The lowest BCUT2D eigenvalue weighted by Gasteiger charge is -2.09. The van der Waals surface area contributed by atoms with E-state index in [9.17, 15) is 0 Å². The largest absolute Gasteiger partial charge is 0.362 e. The predicted octanol–water partition coefficient (Wildman–Crippen LogP) is 2.81. The number of aromatic amines is 1. The summed E-state index contributed by atoms with van der Waals surface area (Å²) in [6, 6.07) is 7.94. The Kier molecular flexibility index (Phi) is 3.91. The van der Waals surface area contributed by atoms with Crippen molar-refractivity contribution >= 4 is 28.6 Å². The zero-order valence-electron chi connectivity index (χ0n) is 13.6. The Morgan fingerprint density at radius 2 is 1.96 bits per heavy atom. The molecule has 4 aromatic rings. The van der Waals surface area contributed by atoms with E-state index in [1.807, 2.05) is 31.2 Å². The van der Waals surface area contributed by atoms with E-state index >= 15 is 0 Å². The van der Waals surface area contributed by atoms with E-state index in [4.69, 9.17) is 0 Å². The van der Waals surface area contributed by atoms with Crippen LogP contribution in [0, 0.1) is 6.92 Å². The fraction of sp³-hybridized carbons (Fsp3) is 0.118. The lowest BCUT2D eigenvalue weighted by atomic mass is 10.3. The predicted molar refractivity (Wildman–Crippen MR) is 95.5 cm³/mol. The van der Waals surface area contributed by atoms with Gasteiger partial charge in [-0.15, -0.1) is 0 Å². The lowest BCUT2D eigenvalue weighted by molar-refractivity contribution is 0.984. The van der Waals surface area contributed by atoms with Crippen molar-refractivity contribution in [2.24, 2.45) is 0 Å². The van der Waals surface area contributed by atoms with Crippen LogP contribution in [0.15, 0.2) is 49.1 Å². The van der Waals surface area contributed by atoms with Crippen LogP contribution in [0.5, 0.6) is 0 Å². The summed E-state index contributed by atoms with van der Waals surface area (Å²) in [5, 5.41) is 6.33. The fourth-order valence-corrected chi connectivity index (χ4v) is 2.42. The van der Waals surface area contributed by atoms with Crippen LogP contribution < -0.4 is 10.6 Å². The quantitative estimate of drug-likeness (QED) is 0.516. The molecular weight excluding hydrogens is 316 g/mol. The van der Waals surface area contributed by atoms with Crippen molar-refractivity contribution in [3.8, 4) is 0 Å². The number of nitrogens with zero attached hydrogens (tertiary/aromatic N) is 5. The highest BCUT2D eigenvalue weighted by atomic mass is 15.2. The molecule has 0 saturated carbocycles. The van der Waals surface area contributed by atoms with E-state index < -0.39 is 0 Å². The third-order valence-electron chi connectivity index (χ3n) is 3.64. The van der Waals surface area contributed by atoms with E-state index in [1.54, 1.807) is 24.8 Å². The molecule has 0 unspecified atom stereocenters. The van der Waals surface area contributed by atoms with Crippen LogP contribution >= 0.6 is 0 Å². The van der Waals surface area contributed by atoms with Gasteiger partial charge in [0.25, 0.3) is 0 Å². The fourth-order valence-electron chi connectivity index (χ4n) is 2.42. The molecule has 8 nitrogen and oxygen atoms in total. The average molecular weight is 332 g/mol. The van der Waals surface area contributed by atoms with Crippen molar-refractivity contribution in [2.45, 2.75) is 13.5 Å². The number of para-hydroxylation sites is 2. The smallest absolute Gasteiger partial charge is 0.230 e. The number of rotatable bonds is 5. The van der Waals surface area contributed by atoms with Gasteiger partial charge in [0, 0.05) is 24.2 Å². The topological polar surface area (TPSA) is 104 Å². The number of hydrogen-bond donors (Lipinski definition) is 3. The second kappa shape index (κ2) is 6.52. The third kappa shape index (κ3) is 3.37. The number of aryl methyl sites for hydroxylation is 1. The Labute approximate surface area is 143 Å². The van der Waals surface area contributed by atoms with Crippen LogP contribution in [-0.2, 0) is 6.54 Å². The molecule has 0 bridgehead atoms. The van der Waals surface area contributed by atoms with Crippen molar-refractivity contribution in [1.82, 2.24) is 29.9 Å². The van der Waals surface area contributed by atoms with Crippen molar-refractivity contribution in [2.75, 3.05) is 10.6 Å². The zero-order chi connectivity index (χ0) is 17.1. The van der Waals surface area contributed by atoms with Crippen molar-refractivity contribution in [1.29, 1.82) is 0 Å². The molecule has 0 spiro atoms. The number of imidazole rings is 1. The minimum atomic E-state index is 0.457. The van der Waals surface area contributed by atoms with E-state index in [0.717, 1.165) is 28.2 Å². The molecule has 124 valence electrons. The Balaban J connectivity index is 1.50. The minimum Gasteiger partial charge on any atom is -0.362 e. The number of anilines is 3. The van der Waals surface area contributed by atoms with Gasteiger partial charge in [-0.05, 0) is 19.1 Å². The van der Waals surface area contributed by atoms with Crippen LogP contribution in [0.3, 0.4) is 0 Å². The zero-order valence-corrected chi connectivity index (χ0v) is 13.6.